The van der Waals surface area contributed by atoms with E-state index in [-0.39, 0.29) is 11.0 Å². The molecule has 1 heterocycles. The molecule has 0 saturated heterocycles. The van der Waals surface area contributed by atoms with Crippen molar-refractivity contribution >= 4 is 38.6 Å². The summed E-state index contributed by atoms with van der Waals surface area (Å²) in [5, 5.41) is 4.92. The van der Waals surface area contributed by atoms with Gasteiger partial charge in [-0.25, -0.2) is 0 Å². The molecule has 0 unspecified atom stereocenters. The summed E-state index contributed by atoms with van der Waals surface area (Å²) < 4.78 is 6.42. The maximum atomic E-state index is 6.42. The van der Waals surface area contributed by atoms with Gasteiger partial charge in [0.25, 0.3) is 0 Å². The Hall–Kier alpha value is -4.56. The maximum absolute atomic E-state index is 6.42. The van der Waals surface area contributed by atoms with Crippen LogP contribution in [0.25, 0.3) is 32.7 Å². The van der Waals surface area contributed by atoms with E-state index in [1.807, 2.05) is 0 Å². The summed E-state index contributed by atoms with van der Waals surface area (Å²) in [6.07, 6.45) is 0. The number of ether oxygens (including phenoxy) is 1. The number of nitrogens with zero attached hydrogens (tertiary/aromatic N) is 1. The zero-order chi connectivity index (χ0) is 27.5. The molecule has 0 aliphatic carbocycles. The molecular formula is C38H33NO. The third-order valence-corrected chi connectivity index (χ3v) is 8.97. The van der Waals surface area contributed by atoms with Gasteiger partial charge in [0.1, 0.15) is 11.4 Å². The molecule has 40 heavy (non-hydrogen) atoms. The Morgan fingerprint density at radius 3 is 1.52 bits per heavy atom. The Bertz CT molecular complexity index is 1770. The summed E-state index contributed by atoms with van der Waals surface area (Å²) in [4.78, 5) is 2.40. The molecule has 0 radical (unpaired) electrons. The fourth-order valence-electron chi connectivity index (χ4n) is 6.21. The predicted molar refractivity (Wildman–Crippen MR) is 169 cm³/mol. The fraction of sp³-hybridized carbons (Fsp3) is 0.158. The molecule has 7 rings (SSSR count). The Kier molecular flexibility index (Phi) is 5.50. The standard InChI is InChI=1S/C38H33NO/c1-37(2)33-25-26(23-24-34(33)40-38(37,3)4)35-29-19-11-13-21-31(29)36(32-22-14-12-20-30(32)35)39(27-15-7-5-8-16-27)28-17-9-6-10-18-28/h5-25H,1-4H3. The van der Waals surface area contributed by atoms with Crippen molar-refractivity contribution in [1.82, 2.24) is 0 Å². The number of hydrogen-bond acceptors (Lipinski definition) is 2. The van der Waals surface area contributed by atoms with Gasteiger partial charge in [-0.3, -0.25) is 0 Å². The van der Waals surface area contributed by atoms with Crippen LogP contribution in [0.15, 0.2) is 127 Å². The van der Waals surface area contributed by atoms with Gasteiger partial charge in [0.2, 0.25) is 0 Å². The highest BCUT2D eigenvalue weighted by Crippen LogP contribution is 2.52. The van der Waals surface area contributed by atoms with Crippen molar-refractivity contribution in [2.45, 2.75) is 38.7 Å². The number of rotatable bonds is 4. The van der Waals surface area contributed by atoms with Gasteiger partial charge in [-0.1, -0.05) is 105 Å². The molecule has 0 spiro atoms. The van der Waals surface area contributed by atoms with Crippen molar-refractivity contribution in [2.75, 3.05) is 4.90 Å². The van der Waals surface area contributed by atoms with Crippen LogP contribution in [0.5, 0.6) is 5.75 Å². The molecule has 1 aliphatic heterocycles. The topological polar surface area (TPSA) is 12.5 Å². The normalized spacial score (nSPS) is 15.1. The molecule has 6 aromatic rings. The van der Waals surface area contributed by atoms with Crippen LogP contribution in [0.1, 0.15) is 33.3 Å². The highest BCUT2D eigenvalue weighted by Gasteiger charge is 2.48. The van der Waals surface area contributed by atoms with E-state index in [9.17, 15) is 0 Å². The Balaban J connectivity index is 1.57. The van der Waals surface area contributed by atoms with Gasteiger partial charge >= 0.3 is 0 Å². The average molecular weight is 520 g/mol. The first-order chi connectivity index (χ1) is 19.4. The summed E-state index contributed by atoms with van der Waals surface area (Å²) in [6.45, 7) is 8.96. The number of hydrogen-bond donors (Lipinski definition) is 0. The second-order valence-corrected chi connectivity index (χ2v) is 11.8. The zero-order valence-corrected chi connectivity index (χ0v) is 23.5. The molecule has 0 saturated carbocycles. The quantitative estimate of drug-likeness (QED) is 0.215. The van der Waals surface area contributed by atoms with Crippen LogP contribution in [0.4, 0.5) is 17.1 Å². The highest BCUT2D eigenvalue weighted by atomic mass is 16.5. The van der Waals surface area contributed by atoms with E-state index < -0.39 is 0 Å². The molecule has 2 heteroatoms. The van der Waals surface area contributed by atoms with Gasteiger partial charge in [-0.15, -0.1) is 0 Å². The lowest BCUT2D eigenvalue weighted by molar-refractivity contribution is 0.0712. The summed E-state index contributed by atoms with van der Waals surface area (Å²) in [6, 6.07) is 45.8. The first-order valence-corrected chi connectivity index (χ1v) is 14.0. The minimum Gasteiger partial charge on any atom is -0.487 e. The third kappa shape index (κ3) is 3.63. The first-order valence-electron chi connectivity index (χ1n) is 14.0. The van der Waals surface area contributed by atoms with Crippen molar-refractivity contribution in [3.05, 3.63) is 133 Å². The second-order valence-electron chi connectivity index (χ2n) is 11.8. The molecule has 0 N–H and O–H groups in total. The van der Waals surface area contributed by atoms with Crippen LogP contribution < -0.4 is 9.64 Å². The first kappa shape index (κ1) is 24.5. The largest absolute Gasteiger partial charge is 0.487 e. The number of para-hydroxylation sites is 2. The minimum atomic E-state index is -0.270. The van der Waals surface area contributed by atoms with Crippen LogP contribution in [-0.2, 0) is 5.41 Å². The molecule has 0 atom stereocenters. The molecule has 6 aromatic carbocycles. The average Bonchev–Trinajstić information content (AvgIpc) is 3.16. The predicted octanol–water partition coefficient (Wildman–Crippen LogP) is 10.6. The fourth-order valence-corrected chi connectivity index (χ4v) is 6.21. The maximum Gasteiger partial charge on any atom is 0.124 e. The zero-order valence-electron chi connectivity index (χ0n) is 23.5. The van der Waals surface area contributed by atoms with E-state index in [1.165, 1.54) is 43.9 Å². The van der Waals surface area contributed by atoms with Crippen LogP contribution >= 0.6 is 0 Å². The Morgan fingerprint density at radius 1 is 0.525 bits per heavy atom. The van der Waals surface area contributed by atoms with Gasteiger partial charge in [0, 0.05) is 33.1 Å². The number of anilines is 3. The second kappa shape index (κ2) is 8.99. The van der Waals surface area contributed by atoms with Crippen LogP contribution in [0.3, 0.4) is 0 Å². The van der Waals surface area contributed by atoms with Crippen molar-refractivity contribution in [1.29, 1.82) is 0 Å². The number of benzene rings is 6. The smallest absolute Gasteiger partial charge is 0.124 e. The molecule has 0 aromatic heterocycles. The third-order valence-electron chi connectivity index (χ3n) is 8.97. The van der Waals surface area contributed by atoms with Gasteiger partial charge in [0.15, 0.2) is 0 Å². The molecular weight excluding hydrogens is 486 g/mol. The lowest BCUT2D eigenvalue weighted by Crippen LogP contribution is -2.41. The molecule has 196 valence electrons. The van der Waals surface area contributed by atoms with E-state index in [1.54, 1.807) is 0 Å². The summed E-state index contributed by atoms with van der Waals surface area (Å²) >= 11 is 0. The number of fused-ring (bicyclic) bond motifs is 3. The van der Waals surface area contributed by atoms with Gasteiger partial charge in [-0.05, 0) is 72.1 Å². The minimum absolute atomic E-state index is 0.110. The van der Waals surface area contributed by atoms with Crippen LogP contribution in [-0.4, -0.2) is 5.60 Å². The summed E-state index contributed by atoms with van der Waals surface area (Å²) in [7, 11) is 0. The summed E-state index contributed by atoms with van der Waals surface area (Å²) in [5.74, 6) is 0.989. The van der Waals surface area contributed by atoms with Crippen molar-refractivity contribution in [2.24, 2.45) is 0 Å². The van der Waals surface area contributed by atoms with Gasteiger partial charge < -0.3 is 9.64 Å². The van der Waals surface area contributed by atoms with Crippen molar-refractivity contribution in [3.63, 3.8) is 0 Å². The molecule has 1 aliphatic rings. The highest BCUT2D eigenvalue weighted by molar-refractivity contribution is 6.22. The Morgan fingerprint density at radius 2 is 1.00 bits per heavy atom. The SMILES string of the molecule is CC1(C)Oc2ccc(-c3c4ccccc4c(N(c4ccccc4)c4ccccc4)c4ccccc34)cc2C1(C)C. The Labute approximate surface area is 236 Å². The van der Waals surface area contributed by atoms with E-state index in [4.69, 9.17) is 4.74 Å². The van der Waals surface area contributed by atoms with Crippen molar-refractivity contribution < 1.29 is 4.74 Å². The van der Waals surface area contributed by atoms with Crippen LogP contribution in [0, 0.1) is 0 Å². The molecule has 2 nitrogen and oxygen atoms in total. The van der Waals surface area contributed by atoms with Gasteiger partial charge in [0.05, 0.1) is 5.69 Å². The van der Waals surface area contributed by atoms with E-state index in [0.29, 0.717) is 0 Å². The van der Waals surface area contributed by atoms with Crippen molar-refractivity contribution in [3.8, 4) is 16.9 Å². The molecule has 0 bridgehead atoms. The van der Waals surface area contributed by atoms with E-state index in [0.717, 1.165) is 17.1 Å². The molecule has 0 fully saturated rings. The van der Waals surface area contributed by atoms with Crippen LogP contribution in [0.2, 0.25) is 0 Å². The lowest BCUT2D eigenvalue weighted by Gasteiger charge is -2.33. The molecule has 0 amide bonds. The van der Waals surface area contributed by atoms with Gasteiger partial charge in [-0.2, -0.15) is 0 Å². The lowest BCUT2D eigenvalue weighted by atomic mass is 9.73. The monoisotopic (exact) mass is 519 g/mol. The van der Waals surface area contributed by atoms with E-state index in [2.05, 4.69) is 160 Å². The van der Waals surface area contributed by atoms with E-state index >= 15 is 0 Å². The summed E-state index contributed by atoms with van der Waals surface area (Å²) in [5.41, 5.74) is 6.83.